The van der Waals surface area contributed by atoms with E-state index in [0.717, 1.165) is 0 Å². The van der Waals surface area contributed by atoms with Crippen molar-refractivity contribution >= 4 is 11.9 Å². The van der Waals surface area contributed by atoms with Gasteiger partial charge in [0.1, 0.15) is 0 Å². The van der Waals surface area contributed by atoms with Gasteiger partial charge in [-0.15, -0.1) is 0 Å². The van der Waals surface area contributed by atoms with Gasteiger partial charge in [-0.1, -0.05) is 0 Å². The summed E-state index contributed by atoms with van der Waals surface area (Å²) in [5.41, 5.74) is 0. The number of anilines is 1. The van der Waals surface area contributed by atoms with Crippen LogP contribution in [0.4, 0.5) is 5.95 Å². The van der Waals surface area contributed by atoms with Gasteiger partial charge in [0, 0.05) is 32.5 Å². The van der Waals surface area contributed by atoms with E-state index in [4.69, 9.17) is 4.74 Å². The molecule has 1 aliphatic rings. The predicted molar refractivity (Wildman–Crippen MR) is 62.7 cm³/mol. The molecule has 1 saturated heterocycles. The summed E-state index contributed by atoms with van der Waals surface area (Å²) in [4.78, 5) is 23.7. The molecule has 1 fully saturated rings. The zero-order valence-electron chi connectivity index (χ0n) is 9.87. The Kier molecular flexibility index (Phi) is 3.87. The zero-order valence-corrected chi connectivity index (χ0v) is 9.87. The summed E-state index contributed by atoms with van der Waals surface area (Å²) in [5, 5.41) is 0. The van der Waals surface area contributed by atoms with Gasteiger partial charge in [-0.05, 0) is 6.07 Å². The number of nitrogens with zero attached hydrogens (tertiary/aromatic N) is 4. The molecule has 0 saturated carbocycles. The normalized spacial score (nSPS) is 15.7. The lowest BCUT2D eigenvalue weighted by Crippen LogP contribution is -2.45. The summed E-state index contributed by atoms with van der Waals surface area (Å²) < 4.78 is 5.21. The summed E-state index contributed by atoms with van der Waals surface area (Å²) in [6, 6.07) is 1.75. The highest BCUT2D eigenvalue weighted by atomic mass is 16.5. The van der Waals surface area contributed by atoms with Crippen LogP contribution in [0.5, 0.6) is 0 Å². The molecular weight excluding hydrogens is 220 g/mol. The molecule has 6 nitrogen and oxygen atoms in total. The summed E-state index contributed by atoms with van der Waals surface area (Å²) in [5.74, 6) is 0.650. The Morgan fingerprint density at radius 1 is 1.41 bits per heavy atom. The number of likely N-dealkylation sites (N-methyl/N-ethyl adjacent to an activating group) is 1. The molecule has 2 heterocycles. The van der Waals surface area contributed by atoms with E-state index in [1.54, 1.807) is 23.4 Å². The molecular formula is C11H16N4O2. The second kappa shape index (κ2) is 5.58. The van der Waals surface area contributed by atoms with Crippen LogP contribution in [0.25, 0.3) is 0 Å². The highest BCUT2D eigenvalue weighted by Gasteiger charge is 2.18. The molecule has 6 heteroatoms. The average molecular weight is 236 g/mol. The largest absolute Gasteiger partial charge is 0.378 e. The summed E-state index contributed by atoms with van der Waals surface area (Å²) in [6.45, 7) is 2.88. The maximum absolute atomic E-state index is 12.0. The molecule has 2 rings (SSSR count). The number of aromatic nitrogens is 2. The fraction of sp³-hybridized carbons (Fsp3) is 0.545. The molecule has 0 aromatic carbocycles. The van der Waals surface area contributed by atoms with Crippen LogP contribution in [0.2, 0.25) is 0 Å². The third-order valence-electron chi connectivity index (χ3n) is 2.63. The smallest absolute Gasteiger partial charge is 0.242 e. The predicted octanol–water partition coefficient (Wildman–Crippen LogP) is -0.228. The van der Waals surface area contributed by atoms with Gasteiger partial charge >= 0.3 is 0 Å². The van der Waals surface area contributed by atoms with Gasteiger partial charge in [0.05, 0.1) is 19.8 Å². The van der Waals surface area contributed by atoms with Crippen molar-refractivity contribution in [3.8, 4) is 0 Å². The van der Waals surface area contributed by atoms with Crippen molar-refractivity contribution in [2.24, 2.45) is 0 Å². The maximum Gasteiger partial charge on any atom is 0.242 e. The van der Waals surface area contributed by atoms with Crippen LogP contribution in [-0.4, -0.2) is 60.7 Å². The third kappa shape index (κ3) is 3.13. The minimum atomic E-state index is 0.0863. The first kappa shape index (κ1) is 11.8. The molecule has 0 N–H and O–H groups in total. The fourth-order valence-corrected chi connectivity index (χ4v) is 1.67. The Hall–Kier alpha value is -1.69. The Bertz CT molecular complexity index is 365. The number of ether oxygens (including phenoxy) is 1. The van der Waals surface area contributed by atoms with Crippen LogP contribution in [0.1, 0.15) is 0 Å². The lowest BCUT2D eigenvalue weighted by molar-refractivity contribution is -0.133. The molecule has 0 spiro atoms. The quantitative estimate of drug-likeness (QED) is 0.725. The minimum absolute atomic E-state index is 0.0863. The van der Waals surface area contributed by atoms with E-state index in [-0.39, 0.29) is 5.91 Å². The van der Waals surface area contributed by atoms with Crippen LogP contribution in [0.15, 0.2) is 18.5 Å². The van der Waals surface area contributed by atoms with E-state index < -0.39 is 0 Å². The number of amides is 1. The van der Waals surface area contributed by atoms with Crippen LogP contribution in [-0.2, 0) is 9.53 Å². The Balaban J connectivity index is 1.89. The SMILES string of the molecule is CN(CC(=O)N1CCOCC1)c1ncccn1. The van der Waals surface area contributed by atoms with Crippen molar-refractivity contribution in [1.82, 2.24) is 14.9 Å². The molecule has 17 heavy (non-hydrogen) atoms. The number of morpholine rings is 1. The molecule has 0 radical (unpaired) electrons. The third-order valence-corrected chi connectivity index (χ3v) is 2.63. The van der Waals surface area contributed by atoms with Gasteiger partial charge in [0.2, 0.25) is 11.9 Å². The lowest BCUT2D eigenvalue weighted by atomic mass is 10.4. The van der Waals surface area contributed by atoms with Gasteiger partial charge in [-0.25, -0.2) is 9.97 Å². The number of hydrogen-bond acceptors (Lipinski definition) is 5. The Morgan fingerprint density at radius 3 is 2.71 bits per heavy atom. The molecule has 0 aliphatic carbocycles. The molecule has 1 aromatic rings. The number of hydrogen-bond donors (Lipinski definition) is 0. The number of carbonyl (C=O) groups is 1. The Labute approximate surface area is 100 Å². The van der Waals surface area contributed by atoms with Crippen molar-refractivity contribution in [2.75, 3.05) is 44.8 Å². The lowest BCUT2D eigenvalue weighted by Gasteiger charge is -2.28. The highest BCUT2D eigenvalue weighted by Crippen LogP contribution is 2.04. The first-order valence-corrected chi connectivity index (χ1v) is 5.61. The van der Waals surface area contributed by atoms with Gasteiger partial charge in [-0.3, -0.25) is 4.79 Å². The van der Waals surface area contributed by atoms with Crippen molar-refractivity contribution in [3.05, 3.63) is 18.5 Å². The van der Waals surface area contributed by atoms with Crippen LogP contribution >= 0.6 is 0 Å². The molecule has 92 valence electrons. The first-order valence-electron chi connectivity index (χ1n) is 5.61. The minimum Gasteiger partial charge on any atom is -0.378 e. The summed E-state index contributed by atoms with van der Waals surface area (Å²) in [6.07, 6.45) is 3.33. The first-order chi connectivity index (χ1) is 8.27. The van der Waals surface area contributed by atoms with Gasteiger partial charge in [0.25, 0.3) is 0 Å². The van der Waals surface area contributed by atoms with Gasteiger partial charge < -0.3 is 14.5 Å². The monoisotopic (exact) mass is 236 g/mol. The molecule has 0 unspecified atom stereocenters. The highest BCUT2D eigenvalue weighted by molar-refractivity contribution is 5.80. The van der Waals surface area contributed by atoms with E-state index in [0.29, 0.717) is 38.8 Å². The standard InChI is InChI=1S/C11H16N4O2/c1-14(11-12-3-2-4-13-11)9-10(16)15-5-7-17-8-6-15/h2-4H,5-9H2,1H3. The van der Waals surface area contributed by atoms with Crippen LogP contribution in [0, 0.1) is 0 Å². The number of rotatable bonds is 3. The summed E-state index contributed by atoms with van der Waals surface area (Å²) in [7, 11) is 1.81. The van der Waals surface area contributed by atoms with E-state index >= 15 is 0 Å². The molecule has 1 aromatic heterocycles. The van der Waals surface area contributed by atoms with Crippen molar-refractivity contribution < 1.29 is 9.53 Å². The van der Waals surface area contributed by atoms with Gasteiger partial charge in [0.15, 0.2) is 0 Å². The molecule has 1 amide bonds. The molecule has 1 aliphatic heterocycles. The second-order valence-electron chi connectivity index (χ2n) is 3.90. The number of carbonyl (C=O) groups excluding carboxylic acids is 1. The molecule has 0 bridgehead atoms. The zero-order chi connectivity index (χ0) is 12.1. The topological polar surface area (TPSA) is 58.6 Å². The molecule has 0 atom stereocenters. The van der Waals surface area contributed by atoms with Crippen molar-refractivity contribution in [1.29, 1.82) is 0 Å². The van der Waals surface area contributed by atoms with Crippen molar-refractivity contribution in [3.63, 3.8) is 0 Å². The van der Waals surface area contributed by atoms with E-state index in [1.165, 1.54) is 0 Å². The maximum atomic E-state index is 12.0. The van der Waals surface area contributed by atoms with Crippen LogP contribution in [0.3, 0.4) is 0 Å². The van der Waals surface area contributed by atoms with Crippen molar-refractivity contribution in [2.45, 2.75) is 0 Å². The van der Waals surface area contributed by atoms with Crippen LogP contribution < -0.4 is 4.90 Å². The van der Waals surface area contributed by atoms with Gasteiger partial charge in [-0.2, -0.15) is 0 Å². The second-order valence-corrected chi connectivity index (χ2v) is 3.90. The van der Waals surface area contributed by atoms with E-state index in [1.807, 2.05) is 11.9 Å². The van der Waals surface area contributed by atoms with E-state index in [9.17, 15) is 4.79 Å². The van der Waals surface area contributed by atoms with E-state index in [2.05, 4.69) is 9.97 Å². The summed E-state index contributed by atoms with van der Waals surface area (Å²) >= 11 is 0. The average Bonchev–Trinajstić information content (AvgIpc) is 2.40. The fourth-order valence-electron chi connectivity index (χ4n) is 1.67. The Morgan fingerprint density at radius 2 is 2.06 bits per heavy atom.